The molecule has 0 saturated carbocycles. The fourth-order valence-electron chi connectivity index (χ4n) is 2.28. The molecule has 0 aliphatic carbocycles. The van der Waals surface area contributed by atoms with Gasteiger partial charge in [-0.05, 0) is 42.8 Å². The first-order valence-corrected chi connectivity index (χ1v) is 8.30. The average molecular weight is 435 g/mol. The second-order valence-corrected chi connectivity index (χ2v) is 7.27. The van der Waals surface area contributed by atoms with Gasteiger partial charge in [-0.2, -0.15) is 0 Å². The molecular weight excluding hydrogens is 419 g/mol. The van der Waals surface area contributed by atoms with Crippen LogP contribution in [0.3, 0.4) is 0 Å². The topological polar surface area (TPSA) is 29.5 Å². The van der Waals surface area contributed by atoms with Crippen LogP contribution in [0.5, 0.6) is 5.75 Å². The summed E-state index contributed by atoms with van der Waals surface area (Å²) in [5.41, 5.74) is 0.511. The van der Waals surface area contributed by atoms with Crippen molar-refractivity contribution >= 4 is 43.5 Å². The number of rotatable bonds is 4. The van der Waals surface area contributed by atoms with E-state index in [2.05, 4.69) is 31.9 Å². The van der Waals surface area contributed by atoms with Gasteiger partial charge in [0, 0.05) is 26.0 Å². The molecule has 1 N–H and O–H groups in total. The predicted molar refractivity (Wildman–Crippen MR) is 93.1 cm³/mol. The number of aliphatic hydroxyl groups is 1. The van der Waals surface area contributed by atoms with Gasteiger partial charge in [-0.1, -0.05) is 49.5 Å². The van der Waals surface area contributed by atoms with Crippen LogP contribution in [-0.2, 0) is 12.0 Å². The first-order chi connectivity index (χ1) is 9.83. The third kappa shape index (κ3) is 4.01. The van der Waals surface area contributed by atoms with Gasteiger partial charge in [0.2, 0.25) is 0 Å². The molecule has 0 saturated heterocycles. The molecule has 112 valence electrons. The van der Waals surface area contributed by atoms with E-state index in [0.29, 0.717) is 17.0 Å². The van der Waals surface area contributed by atoms with Crippen molar-refractivity contribution < 1.29 is 9.84 Å². The fraction of sp³-hybridized carbons (Fsp3) is 0.250. The average Bonchev–Trinajstić information content (AvgIpc) is 2.37. The molecule has 1 unspecified atom stereocenters. The summed E-state index contributed by atoms with van der Waals surface area (Å²) in [7, 11) is 1.62. The van der Waals surface area contributed by atoms with Crippen molar-refractivity contribution in [1.29, 1.82) is 0 Å². The maximum absolute atomic E-state index is 10.9. The molecule has 0 spiro atoms. The highest BCUT2D eigenvalue weighted by Gasteiger charge is 2.27. The number of benzene rings is 2. The Kier molecular flexibility index (Phi) is 5.36. The molecule has 0 aliphatic rings. The molecule has 2 nitrogen and oxygen atoms in total. The van der Waals surface area contributed by atoms with E-state index in [1.165, 1.54) is 0 Å². The van der Waals surface area contributed by atoms with E-state index < -0.39 is 5.60 Å². The highest BCUT2D eigenvalue weighted by molar-refractivity contribution is 9.10. The minimum atomic E-state index is -1.09. The van der Waals surface area contributed by atoms with Gasteiger partial charge in [0.1, 0.15) is 5.75 Å². The van der Waals surface area contributed by atoms with Crippen molar-refractivity contribution in [2.45, 2.75) is 18.9 Å². The Morgan fingerprint density at radius 2 is 1.76 bits per heavy atom. The van der Waals surface area contributed by atoms with Gasteiger partial charge in [0.25, 0.3) is 0 Å². The second-order valence-electron chi connectivity index (χ2n) is 5.03. The molecular formula is C16H15Br2ClO2. The maximum Gasteiger partial charge on any atom is 0.122 e. The predicted octanol–water partition coefficient (Wildman–Crippen LogP) is 5.32. The second kappa shape index (κ2) is 6.69. The lowest BCUT2D eigenvalue weighted by Crippen LogP contribution is -2.25. The molecule has 0 radical (unpaired) electrons. The largest absolute Gasteiger partial charge is 0.496 e. The summed E-state index contributed by atoms with van der Waals surface area (Å²) >= 11 is 13.1. The lowest BCUT2D eigenvalue weighted by Gasteiger charge is -2.26. The first kappa shape index (κ1) is 16.8. The summed E-state index contributed by atoms with van der Waals surface area (Å²) in [5.74, 6) is 0.742. The maximum atomic E-state index is 10.9. The van der Waals surface area contributed by atoms with Gasteiger partial charge >= 0.3 is 0 Å². The molecule has 1 atom stereocenters. The van der Waals surface area contributed by atoms with Crippen LogP contribution >= 0.6 is 43.5 Å². The zero-order valence-electron chi connectivity index (χ0n) is 11.7. The molecule has 0 fully saturated rings. The van der Waals surface area contributed by atoms with Gasteiger partial charge < -0.3 is 9.84 Å². The van der Waals surface area contributed by atoms with E-state index in [0.717, 1.165) is 20.3 Å². The molecule has 0 bridgehead atoms. The third-order valence-corrected chi connectivity index (χ3v) is 4.59. The summed E-state index contributed by atoms with van der Waals surface area (Å²) in [5, 5.41) is 11.4. The summed E-state index contributed by atoms with van der Waals surface area (Å²) in [6.45, 7) is 1.75. The van der Waals surface area contributed by atoms with Crippen molar-refractivity contribution in [3.05, 3.63) is 61.5 Å². The van der Waals surface area contributed by atoms with Crippen LogP contribution in [0.2, 0.25) is 5.02 Å². The van der Waals surface area contributed by atoms with Gasteiger partial charge in [0.05, 0.1) is 12.7 Å². The van der Waals surface area contributed by atoms with Crippen LogP contribution in [0.1, 0.15) is 18.1 Å². The number of ether oxygens (including phenoxy) is 1. The summed E-state index contributed by atoms with van der Waals surface area (Å²) in [4.78, 5) is 0. The molecule has 0 amide bonds. The molecule has 0 heterocycles. The fourth-order valence-corrected chi connectivity index (χ4v) is 3.56. The lowest BCUT2D eigenvalue weighted by molar-refractivity contribution is 0.0570. The van der Waals surface area contributed by atoms with Crippen molar-refractivity contribution in [3.63, 3.8) is 0 Å². The number of halogens is 3. The molecule has 0 aliphatic heterocycles. The summed E-state index contributed by atoms with van der Waals surface area (Å²) in [6, 6.07) is 11.2. The Bertz CT molecular complexity index is 657. The van der Waals surface area contributed by atoms with E-state index in [1.807, 2.05) is 30.3 Å². The molecule has 0 aromatic heterocycles. The third-order valence-electron chi connectivity index (χ3n) is 3.29. The standard InChI is InChI=1S/C16H15Br2ClO2/c1-16(20,13-5-3-12(18)8-14(13)19)9-10-7-11(17)4-6-15(10)21-2/h3-8,20H,9H2,1-2H3. The van der Waals surface area contributed by atoms with Gasteiger partial charge in [-0.25, -0.2) is 0 Å². The van der Waals surface area contributed by atoms with Crippen LogP contribution in [0.15, 0.2) is 45.3 Å². The SMILES string of the molecule is COc1ccc(Br)cc1CC(C)(O)c1ccc(Br)cc1Cl. The Morgan fingerprint density at radius 3 is 2.38 bits per heavy atom. The zero-order valence-corrected chi connectivity index (χ0v) is 15.6. The quantitative estimate of drug-likeness (QED) is 0.705. The molecule has 2 aromatic carbocycles. The number of methoxy groups -OCH3 is 1. The van der Waals surface area contributed by atoms with Gasteiger partial charge in [-0.15, -0.1) is 0 Å². The highest BCUT2D eigenvalue weighted by atomic mass is 79.9. The first-order valence-electron chi connectivity index (χ1n) is 6.34. The molecule has 2 aromatic rings. The highest BCUT2D eigenvalue weighted by Crippen LogP contribution is 2.35. The lowest BCUT2D eigenvalue weighted by atomic mass is 9.88. The normalized spacial score (nSPS) is 13.8. The number of hydrogen-bond donors (Lipinski definition) is 1. The van der Waals surface area contributed by atoms with E-state index >= 15 is 0 Å². The van der Waals surface area contributed by atoms with Crippen molar-refractivity contribution in [2.75, 3.05) is 7.11 Å². The van der Waals surface area contributed by atoms with Crippen LogP contribution in [0.4, 0.5) is 0 Å². The Hall–Kier alpha value is -0.550. The summed E-state index contributed by atoms with van der Waals surface area (Å²) in [6.07, 6.45) is 0.400. The van der Waals surface area contributed by atoms with Crippen molar-refractivity contribution in [1.82, 2.24) is 0 Å². The van der Waals surface area contributed by atoms with Crippen molar-refractivity contribution in [2.24, 2.45) is 0 Å². The van der Waals surface area contributed by atoms with E-state index in [1.54, 1.807) is 20.1 Å². The monoisotopic (exact) mass is 432 g/mol. The minimum Gasteiger partial charge on any atom is -0.496 e. The Labute approximate surface area is 146 Å². The van der Waals surface area contributed by atoms with Crippen molar-refractivity contribution in [3.8, 4) is 5.75 Å². The van der Waals surface area contributed by atoms with Crippen LogP contribution in [0.25, 0.3) is 0 Å². The number of hydrogen-bond acceptors (Lipinski definition) is 2. The van der Waals surface area contributed by atoms with E-state index in [-0.39, 0.29) is 0 Å². The molecule has 5 heteroatoms. The minimum absolute atomic E-state index is 0.400. The van der Waals surface area contributed by atoms with Gasteiger partial charge in [0.15, 0.2) is 0 Å². The Balaban J connectivity index is 2.39. The van der Waals surface area contributed by atoms with E-state index in [4.69, 9.17) is 16.3 Å². The molecule has 2 rings (SSSR count). The van der Waals surface area contributed by atoms with Crippen LogP contribution in [-0.4, -0.2) is 12.2 Å². The zero-order chi connectivity index (χ0) is 15.6. The smallest absolute Gasteiger partial charge is 0.122 e. The molecule has 21 heavy (non-hydrogen) atoms. The van der Waals surface area contributed by atoms with Crippen LogP contribution < -0.4 is 4.74 Å². The van der Waals surface area contributed by atoms with Crippen LogP contribution in [0, 0.1) is 0 Å². The summed E-state index contributed by atoms with van der Waals surface area (Å²) < 4.78 is 7.18. The van der Waals surface area contributed by atoms with Gasteiger partial charge in [-0.3, -0.25) is 0 Å². The van der Waals surface area contributed by atoms with E-state index in [9.17, 15) is 5.11 Å². The Morgan fingerprint density at radius 1 is 1.14 bits per heavy atom.